The van der Waals surface area contributed by atoms with Crippen molar-refractivity contribution in [2.75, 3.05) is 6.61 Å². The third kappa shape index (κ3) is 6.50. The van der Waals surface area contributed by atoms with Crippen molar-refractivity contribution in [2.45, 2.75) is 51.8 Å². The lowest BCUT2D eigenvalue weighted by molar-refractivity contribution is 0.0671. The van der Waals surface area contributed by atoms with E-state index < -0.39 is 8.07 Å². The minimum Gasteiger partial charge on any atom is -0.358 e. The Bertz CT molecular complexity index is 334. The average Bonchev–Trinajstić information content (AvgIpc) is 2.58. The molecule has 7 heteroatoms. The summed E-state index contributed by atoms with van der Waals surface area (Å²) in [7, 11) is -1.02. The van der Waals surface area contributed by atoms with Gasteiger partial charge in [0.15, 0.2) is 12.6 Å². The van der Waals surface area contributed by atoms with Crippen LogP contribution in [0, 0.1) is 0 Å². The average molecular weight is 257 g/mol. The molecule has 0 spiro atoms. The highest BCUT2D eigenvalue weighted by molar-refractivity contribution is 6.76. The van der Waals surface area contributed by atoms with Crippen molar-refractivity contribution in [3.63, 3.8) is 0 Å². The number of aromatic nitrogens is 4. The van der Waals surface area contributed by atoms with Gasteiger partial charge in [-0.05, 0) is 18.2 Å². The lowest BCUT2D eigenvalue weighted by Crippen LogP contribution is -2.22. The van der Waals surface area contributed by atoms with Crippen molar-refractivity contribution in [2.24, 2.45) is 5.73 Å². The molecule has 0 fully saturated rings. The zero-order valence-corrected chi connectivity index (χ0v) is 12.2. The van der Waals surface area contributed by atoms with Crippen LogP contribution < -0.4 is 5.73 Å². The molecule has 0 aliphatic heterocycles. The highest BCUT2D eigenvalue weighted by atomic mass is 28.3. The Labute approximate surface area is 104 Å². The van der Waals surface area contributed by atoms with Crippen molar-refractivity contribution in [3.05, 3.63) is 5.82 Å². The smallest absolute Gasteiger partial charge is 0.176 e. The third-order valence-electron chi connectivity index (χ3n) is 2.20. The van der Waals surface area contributed by atoms with Crippen LogP contribution in [0.1, 0.15) is 12.7 Å². The van der Waals surface area contributed by atoms with Gasteiger partial charge >= 0.3 is 0 Å². The Morgan fingerprint density at radius 2 is 2.12 bits per heavy atom. The summed E-state index contributed by atoms with van der Waals surface area (Å²) < 4.78 is 5.52. The monoisotopic (exact) mass is 257 g/mol. The van der Waals surface area contributed by atoms with E-state index in [1.54, 1.807) is 0 Å². The molecule has 1 atom stereocenters. The van der Waals surface area contributed by atoms with Gasteiger partial charge in [0.05, 0.1) is 0 Å². The molecule has 17 heavy (non-hydrogen) atoms. The molecule has 1 aromatic heterocycles. The van der Waals surface area contributed by atoms with Crippen LogP contribution in [0.3, 0.4) is 0 Å². The van der Waals surface area contributed by atoms with Gasteiger partial charge in [0.25, 0.3) is 0 Å². The normalized spacial score (nSPS) is 13.9. The number of nitrogens with zero attached hydrogens (tertiary/aromatic N) is 4. The molecule has 0 radical (unpaired) electrons. The largest absolute Gasteiger partial charge is 0.358 e. The summed E-state index contributed by atoms with van der Waals surface area (Å²) >= 11 is 0. The molecule has 6 nitrogen and oxygen atoms in total. The molecule has 0 bridgehead atoms. The predicted molar refractivity (Wildman–Crippen MR) is 69.3 cm³/mol. The molecular weight excluding hydrogens is 234 g/mol. The maximum Gasteiger partial charge on any atom is 0.176 e. The molecule has 0 aromatic carbocycles. The Hall–Kier alpha value is -0.793. The quantitative estimate of drug-likeness (QED) is 0.579. The third-order valence-corrected chi connectivity index (χ3v) is 3.91. The number of hydrogen-bond donors (Lipinski definition) is 1. The fourth-order valence-electron chi connectivity index (χ4n) is 1.23. The van der Waals surface area contributed by atoms with Crippen LogP contribution >= 0.6 is 0 Å². The van der Waals surface area contributed by atoms with Crippen LogP contribution in [-0.4, -0.2) is 40.9 Å². The van der Waals surface area contributed by atoms with Gasteiger partial charge in [0.2, 0.25) is 0 Å². The van der Waals surface area contributed by atoms with E-state index in [4.69, 9.17) is 10.5 Å². The van der Waals surface area contributed by atoms with E-state index in [1.165, 1.54) is 4.80 Å². The van der Waals surface area contributed by atoms with Crippen LogP contribution in [0.2, 0.25) is 25.7 Å². The second-order valence-electron chi connectivity index (χ2n) is 5.61. The molecule has 1 aromatic rings. The van der Waals surface area contributed by atoms with Gasteiger partial charge in [0, 0.05) is 27.1 Å². The maximum absolute atomic E-state index is 5.66. The van der Waals surface area contributed by atoms with Gasteiger partial charge < -0.3 is 10.5 Å². The second-order valence-corrected chi connectivity index (χ2v) is 11.2. The summed E-state index contributed by atoms with van der Waals surface area (Å²) in [6.45, 7) is 10.0. The summed E-state index contributed by atoms with van der Waals surface area (Å²) in [5.74, 6) is 0.675. The van der Waals surface area contributed by atoms with Gasteiger partial charge in [-0.3, -0.25) is 0 Å². The lowest BCUT2D eigenvalue weighted by atomic mass is 10.2. The van der Waals surface area contributed by atoms with E-state index >= 15 is 0 Å². The Kier molecular flexibility index (Phi) is 5.22. The molecule has 0 unspecified atom stereocenters. The van der Waals surface area contributed by atoms with Crippen LogP contribution in [-0.2, 0) is 17.9 Å². The lowest BCUT2D eigenvalue weighted by Gasteiger charge is -2.14. The van der Waals surface area contributed by atoms with Gasteiger partial charge in [-0.1, -0.05) is 19.6 Å². The fraction of sp³-hybridized carbons (Fsp3) is 0.900. The van der Waals surface area contributed by atoms with E-state index in [1.807, 2.05) is 6.92 Å². The molecule has 98 valence electrons. The maximum atomic E-state index is 5.66. The van der Waals surface area contributed by atoms with Crippen LogP contribution in [0.4, 0.5) is 0 Å². The first-order valence-corrected chi connectivity index (χ1v) is 9.67. The number of ether oxygens (including phenoxy) is 1. The second kappa shape index (κ2) is 6.22. The molecule has 0 saturated carbocycles. The Balaban J connectivity index is 2.25. The van der Waals surface area contributed by atoms with Crippen molar-refractivity contribution in [3.8, 4) is 0 Å². The van der Waals surface area contributed by atoms with E-state index in [0.29, 0.717) is 19.0 Å². The standard InChI is InChI=1S/C10H23N5OSi/c1-9(11)7-10-12-14-15(13-10)8-16-5-6-17(2,3)4/h9H,5-8,11H2,1-4H3/t9-/m0/s1. The first kappa shape index (κ1) is 14.3. The molecule has 0 amide bonds. The summed E-state index contributed by atoms with van der Waals surface area (Å²) in [6, 6.07) is 1.20. The highest BCUT2D eigenvalue weighted by Gasteiger charge is 2.12. The van der Waals surface area contributed by atoms with Crippen LogP contribution in [0.25, 0.3) is 0 Å². The van der Waals surface area contributed by atoms with E-state index in [9.17, 15) is 0 Å². The van der Waals surface area contributed by atoms with Crippen molar-refractivity contribution < 1.29 is 4.74 Å². The molecule has 1 heterocycles. The van der Waals surface area contributed by atoms with Crippen molar-refractivity contribution >= 4 is 8.07 Å². The van der Waals surface area contributed by atoms with Crippen molar-refractivity contribution in [1.29, 1.82) is 0 Å². The molecule has 0 saturated heterocycles. The van der Waals surface area contributed by atoms with Gasteiger partial charge in [-0.15, -0.1) is 15.0 Å². The fourth-order valence-corrected chi connectivity index (χ4v) is 1.98. The van der Waals surface area contributed by atoms with Gasteiger partial charge in [0.1, 0.15) is 0 Å². The number of rotatable bonds is 7. The topological polar surface area (TPSA) is 78.8 Å². The number of nitrogens with two attached hydrogens (primary N) is 1. The van der Waals surface area contributed by atoms with Crippen LogP contribution in [0.15, 0.2) is 0 Å². The molecule has 0 aliphatic rings. The van der Waals surface area contributed by atoms with Crippen molar-refractivity contribution in [1.82, 2.24) is 20.2 Å². The first-order valence-electron chi connectivity index (χ1n) is 5.97. The molecule has 2 N–H and O–H groups in total. The summed E-state index contributed by atoms with van der Waals surface area (Å²) in [6.07, 6.45) is 0.648. The number of hydrogen-bond acceptors (Lipinski definition) is 5. The molecule has 0 aliphatic carbocycles. The Morgan fingerprint density at radius 3 is 2.71 bits per heavy atom. The van der Waals surface area contributed by atoms with Gasteiger partial charge in [-0.25, -0.2) is 0 Å². The highest BCUT2D eigenvalue weighted by Crippen LogP contribution is 2.07. The zero-order chi connectivity index (χ0) is 12.9. The summed E-state index contributed by atoms with van der Waals surface area (Å²) in [5.41, 5.74) is 5.66. The summed E-state index contributed by atoms with van der Waals surface area (Å²) in [4.78, 5) is 1.47. The zero-order valence-electron chi connectivity index (χ0n) is 11.2. The van der Waals surface area contributed by atoms with E-state index in [0.717, 1.165) is 12.7 Å². The number of tetrazole rings is 1. The minimum absolute atomic E-state index is 0.0560. The SMILES string of the molecule is C[C@H](N)Cc1nnn(COCC[Si](C)(C)C)n1. The molecule has 1 rings (SSSR count). The van der Waals surface area contributed by atoms with Gasteiger partial charge in [-0.2, -0.15) is 0 Å². The van der Waals surface area contributed by atoms with E-state index in [-0.39, 0.29) is 6.04 Å². The van der Waals surface area contributed by atoms with E-state index in [2.05, 4.69) is 35.1 Å². The summed E-state index contributed by atoms with van der Waals surface area (Å²) in [5, 5.41) is 12.0. The minimum atomic E-state index is -1.02. The Morgan fingerprint density at radius 1 is 1.41 bits per heavy atom. The molecular formula is C10H23N5OSi. The first-order chi connectivity index (χ1) is 7.87. The van der Waals surface area contributed by atoms with Crippen LogP contribution in [0.5, 0.6) is 0 Å². The predicted octanol–water partition coefficient (Wildman–Crippen LogP) is 0.875.